The lowest BCUT2D eigenvalue weighted by molar-refractivity contribution is -0.154. The van der Waals surface area contributed by atoms with Crippen LogP contribution in [0.5, 0.6) is 11.6 Å². The van der Waals surface area contributed by atoms with Crippen LogP contribution in [0.25, 0.3) is 22.1 Å². The molecule has 0 bridgehead atoms. The molecule has 0 amide bonds. The first kappa shape index (κ1) is 33.0. The molecule has 5 heterocycles. The number of rotatable bonds is 11. The van der Waals surface area contributed by atoms with E-state index in [4.69, 9.17) is 33.7 Å². The van der Waals surface area contributed by atoms with Crippen molar-refractivity contribution in [3.63, 3.8) is 0 Å². The van der Waals surface area contributed by atoms with Crippen molar-refractivity contribution in [3.05, 3.63) is 42.9 Å². The van der Waals surface area contributed by atoms with Gasteiger partial charge in [0.25, 0.3) is 0 Å². The highest BCUT2D eigenvalue weighted by Crippen LogP contribution is 2.47. The zero-order valence-electron chi connectivity index (χ0n) is 25.9. The third-order valence-electron chi connectivity index (χ3n) is 7.97. The molecule has 2 aliphatic heterocycles. The number of nitrogen functional groups attached to an aromatic ring is 1. The standard InChI is InChI=1S/C29H36N7O10P/c1-16(26(38)44-18-8-11-42-12-9-18)35-47(40,46-19-6-7-20-17(13-19)5-4-10-31-20)43-14-21-23(37)29(2,39)27(45-21)36-15-32-22-24(36)33-28(30)34-25(22)41-3/h4-7,10,13,15-16,18,21,23,27,37,39H,8-9,11-12,14H2,1-3H3,(H,35,40)(H2,30,33,34)/t16?,21-,23-,27?,29-,47?/m1/s1. The van der Waals surface area contributed by atoms with Crippen molar-refractivity contribution in [1.29, 1.82) is 0 Å². The van der Waals surface area contributed by atoms with E-state index >= 15 is 0 Å². The van der Waals surface area contributed by atoms with Gasteiger partial charge >= 0.3 is 13.7 Å². The molecule has 4 aromatic rings. The van der Waals surface area contributed by atoms with Gasteiger partial charge in [-0.2, -0.15) is 15.1 Å². The Balaban J connectivity index is 1.23. The number of esters is 1. The average Bonchev–Trinajstić information content (AvgIpc) is 3.56. The molecular formula is C29H36N7O10P. The first-order valence-corrected chi connectivity index (χ1v) is 16.5. The highest BCUT2D eigenvalue weighted by atomic mass is 31.2. The zero-order chi connectivity index (χ0) is 33.3. The predicted octanol–water partition coefficient (Wildman–Crippen LogP) is 1.88. The van der Waals surface area contributed by atoms with Crippen LogP contribution in [0.2, 0.25) is 0 Å². The number of aliphatic hydroxyl groups is 2. The molecule has 47 heavy (non-hydrogen) atoms. The zero-order valence-corrected chi connectivity index (χ0v) is 26.8. The van der Waals surface area contributed by atoms with E-state index < -0.39 is 50.4 Å². The maximum Gasteiger partial charge on any atom is 0.459 e. The fraction of sp³-hybridized carbons (Fsp3) is 0.483. The van der Waals surface area contributed by atoms with Crippen molar-refractivity contribution in [2.24, 2.45) is 0 Å². The number of aliphatic hydroxyl groups excluding tert-OH is 1. The minimum atomic E-state index is -4.38. The molecule has 0 spiro atoms. The maximum atomic E-state index is 14.3. The number of nitrogens with zero attached hydrogens (tertiary/aromatic N) is 5. The Morgan fingerprint density at radius 2 is 2.04 bits per heavy atom. The summed E-state index contributed by atoms with van der Waals surface area (Å²) in [6, 6.07) is 7.31. The van der Waals surface area contributed by atoms with Crippen LogP contribution in [0.3, 0.4) is 0 Å². The number of imidazole rings is 1. The molecule has 6 atom stereocenters. The average molecular weight is 674 g/mol. The van der Waals surface area contributed by atoms with Gasteiger partial charge < -0.3 is 39.4 Å². The highest BCUT2D eigenvalue weighted by Gasteiger charge is 2.54. The van der Waals surface area contributed by atoms with Gasteiger partial charge in [-0.15, -0.1) is 0 Å². The van der Waals surface area contributed by atoms with Crippen molar-refractivity contribution in [1.82, 2.24) is 29.6 Å². The molecule has 3 unspecified atom stereocenters. The summed E-state index contributed by atoms with van der Waals surface area (Å²) in [5.74, 6) is -0.481. The number of pyridine rings is 1. The summed E-state index contributed by atoms with van der Waals surface area (Å²) in [6.07, 6.45) is -0.260. The van der Waals surface area contributed by atoms with E-state index in [9.17, 15) is 19.6 Å². The summed E-state index contributed by atoms with van der Waals surface area (Å²) in [7, 11) is -2.98. The number of nitrogens with one attached hydrogen (secondary N) is 1. The van der Waals surface area contributed by atoms with Crippen LogP contribution in [0, 0.1) is 0 Å². The topological polar surface area (TPSA) is 225 Å². The van der Waals surface area contributed by atoms with Crippen LogP contribution in [-0.4, -0.2) is 97.6 Å². The quantitative estimate of drug-likeness (QED) is 0.132. The van der Waals surface area contributed by atoms with E-state index in [1.54, 1.807) is 36.5 Å². The SMILES string of the molecule is COc1nc(N)nc2c1ncn2C1O[C@H](COP(=O)(NC(C)C(=O)OC2CCOCC2)Oc2ccc3ncccc3c2)[C@@H](O)[C@@]1(C)O. The summed E-state index contributed by atoms with van der Waals surface area (Å²) in [5, 5.41) is 25.9. The third-order valence-corrected chi connectivity index (χ3v) is 9.62. The summed E-state index contributed by atoms with van der Waals surface area (Å²) in [5.41, 5.74) is 5.06. The number of aromatic nitrogens is 5. The van der Waals surface area contributed by atoms with Gasteiger partial charge in [0.2, 0.25) is 11.8 Å². The maximum absolute atomic E-state index is 14.3. The fourth-order valence-corrected chi connectivity index (χ4v) is 6.95. The molecule has 0 saturated carbocycles. The molecule has 0 radical (unpaired) electrons. The molecule has 1 aromatic carbocycles. The number of carbonyl (C=O) groups excluding carboxylic acids is 1. The minimum Gasteiger partial charge on any atom is -0.479 e. The van der Waals surface area contributed by atoms with Crippen LogP contribution < -0.4 is 20.1 Å². The van der Waals surface area contributed by atoms with Gasteiger partial charge in [-0.1, -0.05) is 6.07 Å². The van der Waals surface area contributed by atoms with E-state index in [1.807, 2.05) is 0 Å². The van der Waals surface area contributed by atoms with Gasteiger partial charge in [0.1, 0.15) is 35.7 Å². The van der Waals surface area contributed by atoms with E-state index in [-0.39, 0.29) is 34.8 Å². The Bertz CT molecular complexity index is 1800. The predicted molar refractivity (Wildman–Crippen MR) is 165 cm³/mol. The lowest BCUT2D eigenvalue weighted by Crippen LogP contribution is -2.44. The number of anilines is 1. The largest absolute Gasteiger partial charge is 0.479 e. The van der Waals surface area contributed by atoms with Crippen molar-refractivity contribution in [3.8, 4) is 11.6 Å². The second-order valence-corrected chi connectivity index (χ2v) is 13.1. The first-order valence-electron chi connectivity index (χ1n) is 14.9. The number of ether oxygens (including phenoxy) is 4. The molecule has 2 saturated heterocycles. The van der Waals surface area contributed by atoms with Gasteiger partial charge in [0, 0.05) is 24.4 Å². The van der Waals surface area contributed by atoms with Crippen molar-refractivity contribution in [2.75, 3.05) is 32.7 Å². The Labute approximate surface area is 268 Å². The number of benzene rings is 1. The number of nitrogens with two attached hydrogens (primary N) is 1. The van der Waals surface area contributed by atoms with E-state index in [0.717, 1.165) is 0 Å². The van der Waals surface area contributed by atoms with Crippen LogP contribution >= 0.6 is 7.75 Å². The second kappa shape index (κ2) is 13.3. The molecule has 3 aromatic heterocycles. The number of methoxy groups -OCH3 is 1. The number of carbonyl (C=O) groups is 1. The van der Waals surface area contributed by atoms with Gasteiger partial charge in [-0.3, -0.25) is 18.9 Å². The highest BCUT2D eigenvalue weighted by molar-refractivity contribution is 7.52. The summed E-state index contributed by atoms with van der Waals surface area (Å²) < 4.78 is 49.5. The van der Waals surface area contributed by atoms with Crippen molar-refractivity contribution in [2.45, 2.75) is 62.9 Å². The van der Waals surface area contributed by atoms with E-state index in [2.05, 4.69) is 25.0 Å². The summed E-state index contributed by atoms with van der Waals surface area (Å²) >= 11 is 0. The van der Waals surface area contributed by atoms with Crippen LogP contribution in [0.1, 0.15) is 32.9 Å². The molecule has 18 heteroatoms. The normalized spacial score (nSPS) is 25.4. The Morgan fingerprint density at radius 3 is 2.81 bits per heavy atom. The Morgan fingerprint density at radius 1 is 1.26 bits per heavy atom. The number of fused-ring (bicyclic) bond motifs is 2. The molecule has 5 N–H and O–H groups in total. The molecular weight excluding hydrogens is 637 g/mol. The molecule has 252 valence electrons. The number of hydrogen-bond donors (Lipinski definition) is 4. The van der Waals surface area contributed by atoms with Crippen molar-refractivity contribution < 1.29 is 47.6 Å². The lowest BCUT2D eigenvalue weighted by atomic mass is 9.96. The fourth-order valence-electron chi connectivity index (χ4n) is 5.46. The van der Waals surface area contributed by atoms with Gasteiger partial charge in [-0.25, -0.2) is 9.55 Å². The lowest BCUT2D eigenvalue weighted by Gasteiger charge is -2.27. The van der Waals surface area contributed by atoms with E-state index in [1.165, 1.54) is 31.9 Å². The molecule has 0 aliphatic carbocycles. The Kier molecular flexibility index (Phi) is 9.31. The smallest absolute Gasteiger partial charge is 0.459 e. The molecule has 2 fully saturated rings. The molecule has 2 aliphatic rings. The van der Waals surface area contributed by atoms with Crippen LogP contribution in [0.4, 0.5) is 5.95 Å². The third kappa shape index (κ3) is 6.87. The van der Waals surface area contributed by atoms with Gasteiger partial charge in [0.15, 0.2) is 17.4 Å². The van der Waals surface area contributed by atoms with Gasteiger partial charge in [-0.05, 0) is 38.1 Å². The second-order valence-electron chi connectivity index (χ2n) is 11.5. The van der Waals surface area contributed by atoms with Crippen LogP contribution in [0.15, 0.2) is 42.9 Å². The van der Waals surface area contributed by atoms with Crippen molar-refractivity contribution >= 4 is 41.7 Å². The molecule has 17 nitrogen and oxygen atoms in total. The molecule has 6 rings (SSSR count). The minimum absolute atomic E-state index is 0.104. The van der Waals surface area contributed by atoms with Crippen LogP contribution in [-0.2, 0) is 28.1 Å². The summed E-state index contributed by atoms with van der Waals surface area (Å²) in [6.45, 7) is 3.25. The van der Waals surface area contributed by atoms with Gasteiger partial charge in [0.05, 0.1) is 38.8 Å². The Hall–Kier alpha value is -3.96. The summed E-state index contributed by atoms with van der Waals surface area (Å²) in [4.78, 5) is 29.7. The monoisotopic (exact) mass is 673 g/mol. The first-order chi connectivity index (χ1) is 22.5. The number of hydrogen-bond acceptors (Lipinski definition) is 15. The van der Waals surface area contributed by atoms with E-state index in [0.29, 0.717) is 37.0 Å².